The molecule has 0 radical (unpaired) electrons. The number of aromatic nitrogens is 1. The topological polar surface area (TPSA) is 38.1 Å². The van der Waals surface area contributed by atoms with Gasteiger partial charge in [-0.05, 0) is 19.4 Å². The normalized spacial score (nSPS) is 11.0. The third kappa shape index (κ3) is 3.05. The van der Waals surface area contributed by atoms with Gasteiger partial charge >= 0.3 is 0 Å². The van der Waals surface area contributed by atoms with E-state index in [-0.39, 0.29) is 0 Å². The zero-order valence-corrected chi connectivity index (χ0v) is 7.92. The Labute approximate surface area is 73.2 Å². The third-order valence-corrected chi connectivity index (χ3v) is 1.50. The van der Waals surface area contributed by atoms with Crippen LogP contribution in [-0.4, -0.2) is 11.5 Å². The molecule has 1 N–H and O–H groups in total. The molecule has 0 aromatic carbocycles. The van der Waals surface area contributed by atoms with Gasteiger partial charge in [-0.1, -0.05) is 13.8 Å². The monoisotopic (exact) mass is 168 g/mol. The van der Waals surface area contributed by atoms with Crippen LogP contribution in [0.2, 0.25) is 0 Å². The summed E-state index contributed by atoms with van der Waals surface area (Å²) < 4.78 is 5.29. The predicted molar refractivity (Wildman–Crippen MR) is 47.8 cm³/mol. The van der Waals surface area contributed by atoms with Crippen LogP contribution in [0.5, 0.6) is 0 Å². The van der Waals surface area contributed by atoms with Gasteiger partial charge in [-0.2, -0.15) is 0 Å². The average Bonchev–Trinajstić information content (AvgIpc) is 2.35. The predicted octanol–water partition coefficient (Wildman–Crippen LogP) is 1.73. The Morgan fingerprint density at radius 1 is 1.58 bits per heavy atom. The average molecular weight is 168 g/mol. The molecule has 0 spiro atoms. The largest absolute Gasteiger partial charge is 0.445 e. The number of nitrogens with zero attached hydrogens (tertiary/aromatic N) is 1. The van der Waals surface area contributed by atoms with Crippen LogP contribution in [0.25, 0.3) is 0 Å². The van der Waals surface area contributed by atoms with Crippen molar-refractivity contribution in [3.63, 3.8) is 0 Å². The minimum absolute atomic E-state index is 0.668. The summed E-state index contributed by atoms with van der Waals surface area (Å²) >= 11 is 0. The summed E-state index contributed by atoms with van der Waals surface area (Å²) in [6.45, 7) is 7.98. The Hall–Kier alpha value is -0.830. The van der Waals surface area contributed by atoms with Gasteiger partial charge in [0.1, 0.15) is 5.76 Å². The number of oxazole rings is 1. The van der Waals surface area contributed by atoms with E-state index < -0.39 is 0 Å². The molecule has 1 aromatic rings. The molecule has 1 heterocycles. The summed E-state index contributed by atoms with van der Waals surface area (Å²) in [7, 11) is 0. The van der Waals surface area contributed by atoms with Crippen molar-refractivity contribution in [2.45, 2.75) is 27.3 Å². The van der Waals surface area contributed by atoms with Crippen LogP contribution in [0.1, 0.15) is 25.5 Å². The van der Waals surface area contributed by atoms with Crippen LogP contribution in [0.3, 0.4) is 0 Å². The molecule has 0 amide bonds. The van der Waals surface area contributed by atoms with Crippen molar-refractivity contribution in [2.75, 3.05) is 6.54 Å². The van der Waals surface area contributed by atoms with Gasteiger partial charge in [-0.25, -0.2) is 4.98 Å². The van der Waals surface area contributed by atoms with Crippen LogP contribution in [0.4, 0.5) is 0 Å². The van der Waals surface area contributed by atoms with Gasteiger partial charge in [0, 0.05) is 0 Å². The van der Waals surface area contributed by atoms with Crippen LogP contribution >= 0.6 is 0 Å². The zero-order valence-electron chi connectivity index (χ0n) is 7.92. The van der Waals surface area contributed by atoms with Crippen molar-refractivity contribution in [2.24, 2.45) is 5.92 Å². The van der Waals surface area contributed by atoms with E-state index in [4.69, 9.17) is 4.42 Å². The molecule has 0 bridgehead atoms. The third-order valence-electron chi connectivity index (χ3n) is 1.50. The molecule has 1 aromatic heterocycles. The van der Waals surface area contributed by atoms with Crippen molar-refractivity contribution in [3.8, 4) is 0 Å². The molecule has 0 aliphatic heterocycles. The number of aryl methyl sites for hydroxylation is 1. The summed E-state index contributed by atoms with van der Waals surface area (Å²) in [4.78, 5) is 4.08. The number of hydrogen-bond acceptors (Lipinski definition) is 3. The van der Waals surface area contributed by atoms with Gasteiger partial charge in [-0.15, -0.1) is 0 Å². The van der Waals surface area contributed by atoms with Crippen molar-refractivity contribution < 1.29 is 4.42 Å². The Morgan fingerprint density at radius 3 is 2.83 bits per heavy atom. The highest BCUT2D eigenvalue weighted by Gasteiger charge is 1.99. The standard InChI is InChI=1S/C9H16N2O/c1-7(2)4-10-6-9-11-5-8(3)12-9/h5,7,10H,4,6H2,1-3H3. The molecule has 68 valence electrons. The van der Waals surface area contributed by atoms with Gasteiger partial charge in [0.15, 0.2) is 0 Å². The molecule has 3 nitrogen and oxygen atoms in total. The lowest BCUT2D eigenvalue weighted by molar-refractivity contribution is 0.437. The highest BCUT2D eigenvalue weighted by atomic mass is 16.4. The van der Waals surface area contributed by atoms with E-state index in [9.17, 15) is 0 Å². The maximum absolute atomic E-state index is 5.29. The fraction of sp³-hybridized carbons (Fsp3) is 0.667. The van der Waals surface area contributed by atoms with Gasteiger partial charge in [0.2, 0.25) is 5.89 Å². The van der Waals surface area contributed by atoms with Gasteiger partial charge in [0.05, 0.1) is 12.7 Å². The quantitative estimate of drug-likeness (QED) is 0.744. The van der Waals surface area contributed by atoms with E-state index in [1.54, 1.807) is 6.20 Å². The fourth-order valence-corrected chi connectivity index (χ4v) is 0.951. The lowest BCUT2D eigenvalue weighted by atomic mass is 10.2. The maximum atomic E-state index is 5.29. The smallest absolute Gasteiger partial charge is 0.208 e. The molecule has 0 atom stereocenters. The Kier molecular flexibility index (Phi) is 3.29. The molecule has 0 saturated carbocycles. The highest BCUT2D eigenvalue weighted by molar-refractivity contribution is 4.90. The first-order valence-electron chi connectivity index (χ1n) is 4.30. The molecule has 0 saturated heterocycles. The van der Waals surface area contributed by atoms with E-state index in [1.165, 1.54) is 0 Å². The Morgan fingerprint density at radius 2 is 2.33 bits per heavy atom. The molecular formula is C9H16N2O. The zero-order chi connectivity index (χ0) is 8.97. The van der Waals surface area contributed by atoms with Crippen LogP contribution < -0.4 is 5.32 Å². The second kappa shape index (κ2) is 4.26. The summed E-state index contributed by atoms with van der Waals surface area (Å²) in [6, 6.07) is 0. The first-order valence-corrected chi connectivity index (χ1v) is 4.30. The summed E-state index contributed by atoms with van der Waals surface area (Å²) in [5.74, 6) is 2.31. The first-order chi connectivity index (χ1) is 5.68. The van der Waals surface area contributed by atoms with Crippen molar-refractivity contribution in [1.82, 2.24) is 10.3 Å². The van der Waals surface area contributed by atoms with Crippen LogP contribution in [-0.2, 0) is 6.54 Å². The fourth-order valence-electron chi connectivity index (χ4n) is 0.951. The van der Waals surface area contributed by atoms with Crippen molar-refractivity contribution >= 4 is 0 Å². The SMILES string of the molecule is Cc1cnc(CNCC(C)C)o1. The first kappa shape index (κ1) is 9.26. The van der Waals surface area contributed by atoms with Gasteiger partial charge < -0.3 is 9.73 Å². The second-order valence-electron chi connectivity index (χ2n) is 3.39. The molecular weight excluding hydrogens is 152 g/mol. The minimum Gasteiger partial charge on any atom is -0.445 e. The van der Waals surface area contributed by atoms with E-state index in [1.807, 2.05) is 6.92 Å². The Balaban J connectivity index is 2.24. The summed E-state index contributed by atoms with van der Waals surface area (Å²) in [6.07, 6.45) is 1.74. The van der Waals surface area contributed by atoms with Gasteiger partial charge in [-0.3, -0.25) is 0 Å². The molecule has 0 aliphatic rings. The van der Waals surface area contributed by atoms with E-state index in [2.05, 4.69) is 24.1 Å². The molecule has 0 unspecified atom stereocenters. The van der Waals surface area contributed by atoms with Crippen molar-refractivity contribution in [3.05, 3.63) is 17.8 Å². The lowest BCUT2D eigenvalue weighted by Crippen LogP contribution is -2.18. The molecule has 12 heavy (non-hydrogen) atoms. The van der Waals surface area contributed by atoms with E-state index in [0.29, 0.717) is 5.92 Å². The van der Waals surface area contributed by atoms with Crippen LogP contribution in [0, 0.1) is 12.8 Å². The highest BCUT2D eigenvalue weighted by Crippen LogP contribution is 2.00. The maximum Gasteiger partial charge on any atom is 0.208 e. The molecule has 3 heteroatoms. The molecule has 0 aliphatic carbocycles. The van der Waals surface area contributed by atoms with E-state index >= 15 is 0 Å². The van der Waals surface area contributed by atoms with Gasteiger partial charge in [0.25, 0.3) is 0 Å². The summed E-state index contributed by atoms with van der Waals surface area (Å²) in [5.41, 5.74) is 0. The number of rotatable bonds is 4. The minimum atomic E-state index is 0.668. The lowest BCUT2D eigenvalue weighted by Gasteiger charge is -2.03. The molecule has 1 rings (SSSR count). The summed E-state index contributed by atoms with van der Waals surface area (Å²) in [5, 5.41) is 3.26. The number of hydrogen-bond donors (Lipinski definition) is 1. The molecule has 0 fully saturated rings. The Bertz CT molecular complexity index is 230. The number of nitrogens with one attached hydrogen (secondary N) is 1. The van der Waals surface area contributed by atoms with Crippen molar-refractivity contribution in [1.29, 1.82) is 0 Å². The van der Waals surface area contributed by atoms with Crippen LogP contribution in [0.15, 0.2) is 10.6 Å². The second-order valence-corrected chi connectivity index (χ2v) is 3.39. The van der Waals surface area contributed by atoms with E-state index in [0.717, 1.165) is 24.7 Å².